The Morgan fingerprint density at radius 2 is 2.13 bits per heavy atom. The highest BCUT2D eigenvalue weighted by atomic mass is 19.1. The fourth-order valence-electron chi connectivity index (χ4n) is 2.42. The predicted molar refractivity (Wildman–Crippen MR) is 86.6 cm³/mol. The zero-order chi connectivity index (χ0) is 16.4. The molecular weight excluding hydrogens is 295 g/mol. The minimum absolute atomic E-state index is 0.112. The van der Waals surface area contributed by atoms with E-state index in [2.05, 4.69) is 15.4 Å². The molecule has 0 fully saturated rings. The Hall–Kier alpha value is -2.76. The van der Waals surface area contributed by atoms with Crippen molar-refractivity contribution in [1.29, 1.82) is 0 Å². The van der Waals surface area contributed by atoms with Crippen LogP contribution in [0.1, 0.15) is 25.5 Å². The molecule has 5 nitrogen and oxygen atoms in total. The predicted octanol–water partition coefficient (Wildman–Crippen LogP) is 3.33. The standard InChI is InChI=1S/C17H17FN4O/c1-11(2)22-17-13(9-20-22)8-15(10-19-17)21-16(23)7-12-4-3-5-14(18)6-12/h3-6,8-11H,7H2,1-2H3,(H,21,23). The summed E-state index contributed by atoms with van der Waals surface area (Å²) in [7, 11) is 0. The number of carbonyl (C=O) groups is 1. The van der Waals surface area contributed by atoms with Gasteiger partial charge in [0.05, 0.1) is 24.5 Å². The zero-order valence-electron chi connectivity index (χ0n) is 13.0. The Labute approximate surface area is 133 Å². The first-order valence-electron chi connectivity index (χ1n) is 7.40. The minimum atomic E-state index is -0.348. The summed E-state index contributed by atoms with van der Waals surface area (Å²) in [5.74, 6) is -0.563. The molecule has 0 spiro atoms. The number of aromatic nitrogens is 3. The summed E-state index contributed by atoms with van der Waals surface area (Å²) in [5.41, 5.74) is 2.01. The van der Waals surface area contributed by atoms with Crippen molar-refractivity contribution in [2.24, 2.45) is 0 Å². The number of fused-ring (bicyclic) bond motifs is 1. The lowest BCUT2D eigenvalue weighted by molar-refractivity contribution is -0.115. The Morgan fingerprint density at radius 1 is 1.30 bits per heavy atom. The third kappa shape index (κ3) is 3.36. The number of nitrogens with one attached hydrogen (secondary N) is 1. The third-order valence-electron chi connectivity index (χ3n) is 3.46. The molecule has 0 saturated heterocycles. The summed E-state index contributed by atoms with van der Waals surface area (Å²) in [6, 6.07) is 8.06. The van der Waals surface area contributed by atoms with Gasteiger partial charge in [-0.05, 0) is 37.6 Å². The van der Waals surface area contributed by atoms with Gasteiger partial charge in [0.1, 0.15) is 5.82 Å². The number of hydrogen-bond acceptors (Lipinski definition) is 3. The molecule has 0 radical (unpaired) electrons. The molecular formula is C17H17FN4O. The summed E-state index contributed by atoms with van der Waals surface area (Å²) >= 11 is 0. The lowest BCUT2D eigenvalue weighted by Crippen LogP contribution is -2.14. The number of halogens is 1. The van der Waals surface area contributed by atoms with Gasteiger partial charge in [-0.15, -0.1) is 0 Å². The molecule has 1 amide bonds. The normalized spacial score (nSPS) is 11.1. The number of anilines is 1. The molecule has 0 aliphatic rings. The van der Waals surface area contributed by atoms with Gasteiger partial charge in [-0.25, -0.2) is 14.1 Å². The second kappa shape index (κ2) is 6.16. The van der Waals surface area contributed by atoms with Crippen LogP contribution in [0.4, 0.5) is 10.1 Å². The average Bonchev–Trinajstić information content (AvgIpc) is 2.90. The fraction of sp³-hybridized carbons (Fsp3) is 0.235. The number of hydrogen-bond donors (Lipinski definition) is 1. The van der Waals surface area contributed by atoms with Crippen molar-refractivity contribution in [3.05, 3.63) is 54.1 Å². The van der Waals surface area contributed by atoms with E-state index in [4.69, 9.17) is 0 Å². The van der Waals surface area contributed by atoms with E-state index >= 15 is 0 Å². The molecule has 2 aromatic heterocycles. The quantitative estimate of drug-likeness (QED) is 0.804. The van der Waals surface area contributed by atoms with Crippen LogP contribution >= 0.6 is 0 Å². The topological polar surface area (TPSA) is 59.8 Å². The molecule has 0 unspecified atom stereocenters. The molecule has 1 N–H and O–H groups in total. The van der Waals surface area contributed by atoms with Crippen LogP contribution < -0.4 is 5.32 Å². The van der Waals surface area contributed by atoms with Crippen LogP contribution in [-0.2, 0) is 11.2 Å². The monoisotopic (exact) mass is 312 g/mol. The molecule has 6 heteroatoms. The van der Waals surface area contributed by atoms with E-state index in [9.17, 15) is 9.18 Å². The van der Waals surface area contributed by atoms with E-state index in [1.54, 1.807) is 24.5 Å². The summed E-state index contributed by atoms with van der Waals surface area (Å²) < 4.78 is 15.0. The SMILES string of the molecule is CC(C)n1ncc2cc(NC(=O)Cc3cccc(F)c3)cnc21. The largest absolute Gasteiger partial charge is 0.324 e. The summed E-state index contributed by atoms with van der Waals surface area (Å²) in [6.07, 6.45) is 3.44. The molecule has 23 heavy (non-hydrogen) atoms. The first-order valence-corrected chi connectivity index (χ1v) is 7.40. The van der Waals surface area contributed by atoms with Crippen molar-refractivity contribution in [2.75, 3.05) is 5.32 Å². The van der Waals surface area contributed by atoms with Gasteiger partial charge in [-0.3, -0.25) is 4.79 Å². The van der Waals surface area contributed by atoms with Crippen LogP contribution in [0.2, 0.25) is 0 Å². The number of amides is 1. The lowest BCUT2D eigenvalue weighted by Gasteiger charge is -2.08. The molecule has 0 atom stereocenters. The second-order valence-electron chi connectivity index (χ2n) is 5.67. The van der Waals surface area contributed by atoms with Crippen LogP contribution in [0.5, 0.6) is 0 Å². The van der Waals surface area contributed by atoms with E-state index < -0.39 is 0 Å². The van der Waals surface area contributed by atoms with Crippen molar-refractivity contribution in [1.82, 2.24) is 14.8 Å². The number of rotatable bonds is 4. The van der Waals surface area contributed by atoms with Crippen molar-refractivity contribution in [3.8, 4) is 0 Å². The van der Waals surface area contributed by atoms with E-state index in [1.807, 2.05) is 24.6 Å². The van der Waals surface area contributed by atoms with Crippen molar-refractivity contribution in [2.45, 2.75) is 26.3 Å². The van der Waals surface area contributed by atoms with Crippen LogP contribution in [0.3, 0.4) is 0 Å². The van der Waals surface area contributed by atoms with Crippen molar-refractivity contribution >= 4 is 22.6 Å². The molecule has 118 valence electrons. The number of nitrogens with zero attached hydrogens (tertiary/aromatic N) is 3. The number of benzene rings is 1. The third-order valence-corrected chi connectivity index (χ3v) is 3.46. The van der Waals surface area contributed by atoms with Crippen LogP contribution in [-0.4, -0.2) is 20.7 Å². The van der Waals surface area contributed by atoms with Gasteiger partial charge in [0, 0.05) is 11.4 Å². The molecule has 2 heterocycles. The highest BCUT2D eigenvalue weighted by Gasteiger charge is 2.10. The molecule has 0 aliphatic carbocycles. The Bertz CT molecular complexity index is 857. The number of pyridine rings is 1. The maximum absolute atomic E-state index is 13.1. The summed E-state index contributed by atoms with van der Waals surface area (Å²) in [6.45, 7) is 4.06. The highest BCUT2D eigenvalue weighted by Crippen LogP contribution is 2.19. The van der Waals surface area contributed by atoms with E-state index in [1.165, 1.54) is 12.1 Å². The number of carbonyl (C=O) groups excluding carboxylic acids is 1. The smallest absolute Gasteiger partial charge is 0.228 e. The summed E-state index contributed by atoms with van der Waals surface area (Å²) in [5, 5.41) is 7.94. The fourth-order valence-corrected chi connectivity index (χ4v) is 2.42. The molecule has 0 saturated carbocycles. The van der Waals surface area contributed by atoms with Gasteiger partial charge in [0.2, 0.25) is 5.91 Å². The average molecular weight is 312 g/mol. The van der Waals surface area contributed by atoms with Gasteiger partial charge in [-0.2, -0.15) is 5.10 Å². The Morgan fingerprint density at radius 3 is 2.87 bits per heavy atom. The Kier molecular flexibility index (Phi) is 4.06. The van der Waals surface area contributed by atoms with Crippen LogP contribution in [0, 0.1) is 5.82 Å². The summed E-state index contributed by atoms with van der Waals surface area (Å²) in [4.78, 5) is 16.4. The van der Waals surface area contributed by atoms with Gasteiger partial charge in [0.15, 0.2) is 5.65 Å². The first-order chi connectivity index (χ1) is 11.0. The Balaban J connectivity index is 1.75. The highest BCUT2D eigenvalue weighted by molar-refractivity contribution is 5.93. The van der Waals surface area contributed by atoms with Gasteiger partial charge in [-0.1, -0.05) is 12.1 Å². The van der Waals surface area contributed by atoms with E-state index in [0.29, 0.717) is 11.3 Å². The lowest BCUT2D eigenvalue weighted by atomic mass is 10.1. The minimum Gasteiger partial charge on any atom is -0.324 e. The van der Waals surface area contributed by atoms with Crippen LogP contribution in [0.25, 0.3) is 11.0 Å². The zero-order valence-corrected chi connectivity index (χ0v) is 13.0. The van der Waals surface area contributed by atoms with Crippen molar-refractivity contribution < 1.29 is 9.18 Å². The molecule has 0 bridgehead atoms. The maximum Gasteiger partial charge on any atom is 0.228 e. The van der Waals surface area contributed by atoms with Crippen molar-refractivity contribution in [3.63, 3.8) is 0 Å². The van der Waals surface area contributed by atoms with E-state index in [0.717, 1.165) is 11.0 Å². The van der Waals surface area contributed by atoms with Gasteiger partial charge in [0.25, 0.3) is 0 Å². The molecule has 3 aromatic rings. The second-order valence-corrected chi connectivity index (χ2v) is 5.67. The molecule has 1 aromatic carbocycles. The van der Waals surface area contributed by atoms with E-state index in [-0.39, 0.29) is 24.2 Å². The molecule has 3 rings (SSSR count). The van der Waals surface area contributed by atoms with Gasteiger partial charge >= 0.3 is 0 Å². The van der Waals surface area contributed by atoms with Crippen LogP contribution in [0.15, 0.2) is 42.7 Å². The van der Waals surface area contributed by atoms with Gasteiger partial charge < -0.3 is 5.32 Å². The first kappa shape index (κ1) is 15.1. The molecule has 0 aliphatic heterocycles. The maximum atomic E-state index is 13.1.